The van der Waals surface area contributed by atoms with Crippen LogP contribution in [0.2, 0.25) is 0 Å². The van der Waals surface area contributed by atoms with Crippen molar-refractivity contribution in [3.8, 4) is 0 Å². The van der Waals surface area contributed by atoms with E-state index in [1.165, 1.54) is 5.56 Å². The van der Waals surface area contributed by atoms with Gasteiger partial charge in [-0.15, -0.1) is 0 Å². The standard InChI is InChI=1S/C17H19NO/c18-17(15-11-5-2-6-12-15)16(19)13-7-10-14-8-3-1-4-9-14/h1-6,8-9,11-12,17H,7,10,13,18H2/t17-/m1/s1. The zero-order valence-corrected chi connectivity index (χ0v) is 11.0. The van der Waals surface area contributed by atoms with Gasteiger partial charge in [-0.3, -0.25) is 4.79 Å². The normalized spacial score (nSPS) is 12.1. The molecule has 1 atom stereocenters. The highest BCUT2D eigenvalue weighted by molar-refractivity contribution is 5.85. The second-order valence-electron chi connectivity index (χ2n) is 4.69. The molecule has 2 nitrogen and oxygen atoms in total. The molecule has 0 aromatic heterocycles. The van der Waals surface area contributed by atoms with Crippen molar-refractivity contribution in [2.24, 2.45) is 5.73 Å². The number of nitrogens with two attached hydrogens (primary N) is 1. The summed E-state index contributed by atoms with van der Waals surface area (Å²) >= 11 is 0. The number of carbonyl (C=O) groups excluding carboxylic acids is 1. The molecule has 2 N–H and O–H groups in total. The molecule has 0 amide bonds. The molecule has 0 saturated heterocycles. The third-order valence-corrected chi connectivity index (χ3v) is 3.24. The third-order valence-electron chi connectivity index (χ3n) is 3.24. The number of Topliss-reactive ketones (excluding diaryl/α,β-unsaturated/α-hetero) is 1. The molecule has 0 radical (unpaired) electrons. The van der Waals surface area contributed by atoms with Gasteiger partial charge in [-0.05, 0) is 24.0 Å². The number of carbonyl (C=O) groups is 1. The molecule has 0 spiro atoms. The Morgan fingerprint density at radius 1 is 0.947 bits per heavy atom. The highest BCUT2D eigenvalue weighted by Crippen LogP contribution is 2.14. The minimum absolute atomic E-state index is 0.113. The van der Waals surface area contributed by atoms with E-state index in [1.54, 1.807) is 0 Å². The Morgan fingerprint density at radius 3 is 2.16 bits per heavy atom. The number of hydrogen-bond acceptors (Lipinski definition) is 2. The van der Waals surface area contributed by atoms with Crippen molar-refractivity contribution in [2.75, 3.05) is 0 Å². The van der Waals surface area contributed by atoms with E-state index < -0.39 is 6.04 Å². The van der Waals surface area contributed by atoms with Gasteiger partial charge < -0.3 is 5.73 Å². The topological polar surface area (TPSA) is 43.1 Å². The Hall–Kier alpha value is -1.93. The van der Waals surface area contributed by atoms with Crippen LogP contribution in [0.4, 0.5) is 0 Å². The Bertz CT molecular complexity index is 507. The van der Waals surface area contributed by atoms with E-state index in [9.17, 15) is 4.79 Å². The molecule has 2 heteroatoms. The van der Waals surface area contributed by atoms with E-state index in [-0.39, 0.29) is 5.78 Å². The highest BCUT2D eigenvalue weighted by Gasteiger charge is 2.14. The summed E-state index contributed by atoms with van der Waals surface area (Å²) in [5.74, 6) is 0.113. The first-order valence-electron chi connectivity index (χ1n) is 6.64. The van der Waals surface area contributed by atoms with Gasteiger partial charge in [0, 0.05) is 6.42 Å². The van der Waals surface area contributed by atoms with Gasteiger partial charge in [-0.2, -0.15) is 0 Å². The monoisotopic (exact) mass is 253 g/mol. The van der Waals surface area contributed by atoms with Crippen LogP contribution in [0.15, 0.2) is 60.7 Å². The van der Waals surface area contributed by atoms with Crippen molar-refractivity contribution in [2.45, 2.75) is 25.3 Å². The summed E-state index contributed by atoms with van der Waals surface area (Å²) in [5, 5.41) is 0. The molecule has 0 fully saturated rings. The molecule has 19 heavy (non-hydrogen) atoms. The fourth-order valence-electron chi connectivity index (χ4n) is 2.11. The van der Waals surface area contributed by atoms with Crippen LogP contribution >= 0.6 is 0 Å². The van der Waals surface area contributed by atoms with Crippen LogP contribution in [0.3, 0.4) is 0 Å². The molecule has 2 aromatic carbocycles. The average Bonchev–Trinajstić information content (AvgIpc) is 2.48. The van der Waals surface area contributed by atoms with Crippen molar-refractivity contribution >= 4 is 5.78 Å². The summed E-state index contributed by atoms with van der Waals surface area (Å²) in [4.78, 5) is 12.0. The quantitative estimate of drug-likeness (QED) is 0.858. The highest BCUT2D eigenvalue weighted by atomic mass is 16.1. The SMILES string of the molecule is N[C@@H](C(=O)CCCc1ccccc1)c1ccccc1. The molecular formula is C17H19NO. The van der Waals surface area contributed by atoms with Crippen LogP contribution in [-0.2, 0) is 11.2 Å². The molecule has 2 rings (SSSR count). The van der Waals surface area contributed by atoms with Gasteiger partial charge in [0.1, 0.15) is 0 Å². The summed E-state index contributed by atoms with van der Waals surface area (Å²) in [7, 11) is 0. The fourth-order valence-corrected chi connectivity index (χ4v) is 2.11. The van der Waals surface area contributed by atoms with Gasteiger partial charge in [0.05, 0.1) is 6.04 Å². The summed E-state index contributed by atoms with van der Waals surface area (Å²) < 4.78 is 0. The second kappa shape index (κ2) is 6.86. The second-order valence-corrected chi connectivity index (χ2v) is 4.69. The number of ketones is 1. The number of rotatable bonds is 6. The molecule has 98 valence electrons. The first-order valence-corrected chi connectivity index (χ1v) is 6.64. The maximum atomic E-state index is 12.0. The van der Waals surface area contributed by atoms with Crippen LogP contribution in [-0.4, -0.2) is 5.78 Å². The van der Waals surface area contributed by atoms with E-state index in [1.807, 2.05) is 48.5 Å². The lowest BCUT2D eigenvalue weighted by molar-refractivity contribution is -0.120. The van der Waals surface area contributed by atoms with Crippen LogP contribution in [0.5, 0.6) is 0 Å². The van der Waals surface area contributed by atoms with Gasteiger partial charge in [0.15, 0.2) is 5.78 Å². The Balaban J connectivity index is 1.82. The Kier molecular flexibility index (Phi) is 4.87. The summed E-state index contributed by atoms with van der Waals surface area (Å²) in [5.41, 5.74) is 8.13. The molecule has 0 saturated carbocycles. The smallest absolute Gasteiger partial charge is 0.154 e. The van der Waals surface area contributed by atoms with E-state index in [0.717, 1.165) is 18.4 Å². The molecule has 0 aliphatic rings. The largest absolute Gasteiger partial charge is 0.318 e. The van der Waals surface area contributed by atoms with E-state index in [0.29, 0.717) is 6.42 Å². The van der Waals surface area contributed by atoms with Crippen molar-refractivity contribution in [1.82, 2.24) is 0 Å². The zero-order chi connectivity index (χ0) is 13.5. The average molecular weight is 253 g/mol. The van der Waals surface area contributed by atoms with Gasteiger partial charge in [-0.1, -0.05) is 60.7 Å². The minimum Gasteiger partial charge on any atom is -0.318 e. The number of aryl methyl sites for hydroxylation is 1. The summed E-state index contributed by atoms with van der Waals surface area (Å²) in [6.07, 6.45) is 2.31. The van der Waals surface area contributed by atoms with Gasteiger partial charge >= 0.3 is 0 Å². The molecule has 0 bridgehead atoms. The summed E-state index contributed by atoms with van der Waals surface area (Å²) in [6, 6.07) is 19.3. The lowest BCUT2D eigenvalue weighted by atomic mass is 9.99. The Labute approximate surface area is 114 Å². The lowest BCUT2D eigenvalue weighted by Crippen LogP contribution is -2.21. The van der Waals surface area contributed by atoms with Gasteiger partial charge in [0.2, 0.25) is 0 Å². The maximum Gasteiger partial charge on any atom is 0.154 e. The van der Waals surface area contributed by atoms with Crippen molar-refractivity contribution in [3.63, 3.8) is 0 Å². The maximum absolute atomic E-state index is 12.0. The van der Waals surface area contributed by atoms with E-state index in [2.05, 4.69) is 12.1 Å². The predicted octanol–water partition coefficient (Wildman–Crippen LogP) is 3.28. The first-order chi connectivity index (χ1) is 9.27. The van der Waals surface area contributed by atoms with Crippen molar-refractivity contribution in [3.05, 3.63) is 71.8 Å². The van der Waals surface area contributed by atoms with Crippen LogP contribution in [0.25, 0.3) is 0 Å². The van der Waals surface area contributed by atoms with Crippen LogP contribution in [0, 0.1) is 0 Å². The molecular weight excluding hydrogens is 234 g/mol. The minimum atomic E-state index is -0.489. The molecule has 2 aromatic rings. The van der Waals surface area contributed by atoms with Crippen molar-refractivity contribution < 1.29 is 4.79 Å². The third kappa shape index (κ3) is 4.04. The molecule has 0 aliphatic carbocycles. The van der Waals surface area contributed by atoms with Crippen LogP contribution in [0.1, 0.15) is 30.0 Å². The van der Waals surface area contributed by atoms with Crippen molar-refractivity contribution in [1.29, 1.82) is 0 Å². The summed E-state index contributed by atoms with van der Waals surface area (Å²) in [6.45, 7) is 0. The van der Waals surface area contributed by atoms with Gasteiger partial charge in [0.25, 0.3) is 0 Å². The lowest BCUT2D eigenvalue weighted by Gasteiger charge is -2.10. The molecule has 0 unspecified atom stereocenters. The zero-order valence-electron chi connectivity index (χ0n) is 11.0. The Morgan fingerprint density at radius 2 is 1.53 bits per heavy atom. The molecule has 0 aliphatic heterocycles. The van der Waals surface area contributed by atoms with Gasteiger partial charge in [-0.25, -0.2) is 0 Å². The number of benzene rings is 2. The molecule has 0 heterocycles. The fraction of sp³-hybridized carbons (Fsp3) is 0.235. The van der Waals surface area contributed by atoms with E-state index >= 15 is 0 Å². The first kappa shape index (κ1) is 13.5. The number of hydrogen-bond donors (Lipinski definition) is 1. The van der Waals surface area contributed by atoms with Crippen LogP contribution < -0.4 is 5.73 Å². The predicted molar refractivity (Wildman–Crippen MR) is 77.8 cm³/mol. The van der Waals surface area contributed by atoms with E-state index in [4.69, 9.17) is 5.73 Å².